The zero-order valence-electron chi connectivity index (χ0n) is 12.0. The van der Waals surface area contributed by atoms with Gasteiger partial charge in [-0.05, 0) is 45.1 Å². The van der Waals surface area contributed by atoms with Crippen LogP contribution < -0.4 is 5.32 Å². The van der Waals surface area contributed by atoms with E-state index in [2.05, 4.69) is 27.2 Å². The fourth-order valence-corrected chi connectivity index (χ4v) is 3.04. The van der Waals surface area contributed by atoms with E-state index in [-0.39, 0.29) is 11.9 Å². The zero-order valence-corrected chi connectivity index (χ0v) is 12.8. The lowest BCUT2D eigenvalue weighted by molar-refractivity contribution is 0.0916. The number of piperidine rings is 1. The van der Waals surface area contributed by atoms with Gasteiger partial charge in [-0.2, -0.15) is 0 Å². The summed E-state index contributed by atoms with van der Waals surface area (Å²) in [4.78, 5) is 23.9. The van der Waals surface area contributed by atoms with E-state index in [1.807, 2.05) is 12.1 Å². The van der Waals surface area contributed by atoms with Crippen LogP contribution in [-0.2, 0) is 0 Å². The topological polar surface area (TPSA) is 58.1 Å². The second-order valence-corrected chi connectivity index (χ2v) is 6.24. The average Bonchev–Trinajstić information content (AvgIpc) is 3.04. The molecule has 0 aromatic carbocycles. The molecule has 2 aromatic rings. The smallest absolute Gasteiger partial charge is 0.253 e. The molecule has 1 fully saturated rings. The number of aromatic nitrogens is 2. The van der Waals surface area contributed by atoms with E-state index in [1.54, 1.807) is 29.2 Å². The Bertz CT molecular complexity index is 589. The maximum Gasteiger partial charge on any atom is 0.253 e. The van der Waals surface area contributed by atoms with Crippen molar-refractivity contribution in [2.45, 2.75) is 18.9 Å². The molecule has 110 valence electrons. The highest BCUT2D eigenvalue weighted by atomic mass is 32.1. The minimum absolute atomic E-state index is 0.0343. The van der Waals surface area contributed by atoms with E-state index in [0.29, 0.717) is 5.56 Å². The summed E-state index contributed by atoms with van der Waals surface area (Å²) in [5.41, 5.74) is 3.24. The highest BCUT2D eigenvalue weighted by Crippen LogP contribution is 2.20. The monoisotopic (exact) mass is 302 g/mol. The summed E-state index contributed by atoms with van der Waals surface area (Å²) < 4.78 is 0. The summed E-state index contributed by atoms with van der Waals surface area (Å²) >= 11 is 1.54. The summed E-state index contributed by atoms with van der Waals surface area (Å²) in [7, 11) is 2.11. The Morgan fingerprint density at radius 2 is 2.14 bits per heavy atom. The maximum atomic E-state index is 12.2. The predicted molar refractivity (Wildman–Crippen MR) is 83.3 cm³/mol. The first-order chi connectivity index (χ1) is 10.2. The molecule has 1 aliphatic rings. The van der Waals surface area contributed by atoms with E-state index in [1.165, 1.54) is 0 Å². The number of nitrogens with zero attached hydrogens (tertiary/aromatic N) is 3. The van der Waals surface area contributed by atoms with Crippen LogP contribution in [0.2, 0.25) is 0 Å². The van der Waals surface area contributed by atoms with Gasteiger partial charge < -0.3 is 10.2 Å². The molecule has 1 aliphatic heterocycles. The van der Waals surface area contributed by atoms with Crippen molar-refractivity contribution in [3.8, 4) is 10.6 Å². The van der Waals surface area contributed by atoms with Crippen molar-refractivity contribution in [3.05, 3.63) is 35.6 Å². The number of carbonyl (C=O) groups is 1. The SMILES string of the molecule is CN1CCC(NC(=O)c2ccc(-c3cncs3)nc2)CC1. The van der Waals surface area contributed by atoms with Gasteiger partial charge in [0.15, 0.2) is 0 Å². The Morgan fingerprint density at radius 1 is 1.33 bits per heavy atom. The molecule has 5 nitrogen and oxygen atoms in total. The Balaban J connectivity index is 1.62. The summed E-state index contributed by atoms with van der Waals surface area (Å²) in [6.07, 6.45) is 5.44. The van der Waals surface area contributed by atoms with Gasteiger partial charge in [0.1, 0.15) is 0 Å². The van der Waals surface area contributed by atoms with Crippen molar-refractivity contribution >= 4 is 17.2 Å². The van der Waals surface area contributed by atoms with Crippen molar-refractivity contribution in [2.75, 3.05) is 20.1 Å². The first-order valence-corrected chi connectivity index (χ1v) is 7.94. The van der Waals surface area contributed by atoms with E-state index in [0.717, 1.165) is 36.5 Å². The minimum atomic E-state index is -0.0343. The van der Waals surface area contributed by atoms with Crippen LogP contribution in [0.3, 0.4) is 0 Å². The summed E-state index contributed by atoms with van der Waals surface area (Å²) in [5, 5.41) is 3.09. The fourth-order valence-electron chi connectivity index (χ4n) is 2.44. The number of amides is 1. The van der Waals surface area contributed by atoms with Crippen molar-refractivity contribution < 1.29 is 4.79 Å². The van der Waals surface area contributed by atoms with Crippen LogP contribution in [0.5, 0.6) is 0 Å². The highest BCUT2D eigenvalue weighted by Gasteiger charge is 2.19. The molecule has 0 spiro atoms. The molecule has 2 aromatic heterocycles. The van der Waals surface area contributed by atoms with E-state index in [9.17, 15) is 4.79 Å². The number of carbonyl (C=O) groups excluding carboxylic acids is 1. The highest BCUT2D eigenvalue weighted by molar-refractivity contribution is 7.13. The molecule has 0 saturated carbocycles. The van der Waals surface area contributed by atoms with Gasteiger partial charge in [-0.15, -0.1) is 11.3 Å². The molecule has 6 heteroatoms. The van der Waals surface area contributed by atoms with Crippen LogP contribution in [0.1, 0.15) is 23.2 Å². The number of likely N-dealkylation sites (tertiary alicyclic amines) is 1. The molecule has 1 saturated heterocycles. The van der Waals surface area contributed by atoms with Crippen LogP contribution in [0.4, 0.5) is 0 Å². The molecule has 0 atom stereocenters. The molecule has 0 bridgehead atoms. The molecule has 21 heavy (non-hydrogen) atoms. The van der Waals surface area contributed by atoms with Crippen molar-refractivity contribution in [1.29, 1.82) is 0 Å². The standard InChI is InChI=1S/C15H18N4OS/c1-19-6-4-12(5-7-19)18-15(20)11-2-3-13(17-8-11)14-9-16-10-21-14/h2-3,8-10,12H,4-7H2,1H3,(H,18,20). The Morgan fingerprint density at radius 3 is 2.76 bits per heavy atom. The molecule has 0 aliphatic carbocycles. The molecule has 0 unspecified atom stereocenters. The lowest BCUT2D eigenvalue weighted by Gasteiger charge is -2.29. The number of pyridine rings is 1. The van der Waals surface area contributed by atoms with E-state index in [4.69, 9.17) is 0 Å². The number of thiazole rings is 1. The lowest BCUT2D eigenvalue weighted by Crippen LogP contribution is -2.43. The molecule has 1 N–H and O–H groups in total. The van der Waals surface area contributed by atoms with Crippen molar-refractivity contribution in [3.63, 3.8) is 0 Å². The quantitative estimate of drug-likeness (QED) is 0.942. The molecule has 1 amide bonds. The first kappa shape index (κ1) is 14.2. The van der Waals surface area contributed by atoms with Gasteiger partial charge in [0.05, 0.1) is 21.6 Å². The Hall–Kier alpha value is -1.79. The zero-order chi connectivity index (χ0) is 14.7. The Kier molecular flexibility index (Phi) is 4.26. The second-order valence-electron chi connectivity index (χ2n) is 5.35. The summed E-state index contributed by atoms with van der Waals surface area (Å²) in [6.45, 7) is 2.07. The van der Waals surface area contributed by atoms with Crippen molar-refractivity contribution in [2.24, 2.45) is 0 Å². The molecule has 3 heterocycles. The van der Waals surface area contributed by atoms with E-state index < -0.39 is 0 Å². The third-order valence-corrected chi connectivity index (χ3v) is 4.56. The van der Waals surface area contributed by atoms with Gasteiger partial charge in [0.25, 0.3) is 5.91 Å². The number of hydrogen-bond acceptors (Lipinski definition) is 5. The minimum Gasteiger partial charge on any atom is -0.349 e. The summed E-state index contributed by atoms with van der Waals surface area (Å²) in [5.74, 6) is -0.0343. The van der Waals surface area contributed by atoms with Crippen LogP contribution in [-0.4, -0.2) is 47.0 Å². The van der Waals surface area contributed by atoms with Crippen LogP contribution in [0.25, 0.3) is 10.6 Å². The normalized spacial score (nSPS) is 16.8. The fraction of sp³-hybridized carbons (Fsp3) is 0.400. The number of nitrogens with one attached hydrogen (secondary N) is 1. The largest absolute Gasteiger partial charge is 0.349 e. The number of rotatable bonds is 3. The van der Waals surface area contributed by atoms with Crippen LogP contribution in [0.15, 0.2) is 30.0 Å². The number of hydrogen-bond donors (Lipinski definition) is 1. The molecule has 3 rings (SSSR count). The van der Waals surface area contributed by atoms with Gasteiger partial charge in [-0.25, -0.2) is 0 Å². The van der Waals surface area contributed by atoms with Crippen LogP contribution >= 0.6 is 11.3 Å². The maximum absolute atomic E-state index is 12.2. The third-order valence-electron chi connectivity index (χ3n) is 3.76. The predicted octanol–water partition coefficient (Wildman–Crippen LogP) is 2.03. The molecular weight excluding hydrogens is 284 g/mol. The van der Waals surface area contributed by atoms with Crippen molar-refractivity contribution in [1.82, 2.24) is 20.2 Å². The van der Waals surface area contributed by atoms with Gasteiger partial charge in [0, 0.05) is 18.4 Å². The summed E-state index contributed by atoms with van der Waals surface area (Å²) in [6, 6.07) is 3.97. The van der Waals surface area contributed by atoms with Gasteiger partial charge >= 0.3 is 0 Å². The second kappa shape index (κ2) is 6.32. The van der Waals surface area contributed by atoms with Gasteiger partial charge in [-0.1, -0.05) is 0 Å². The molecule has 0 radical (unpaired) electrons. The Labute approximate surface area is 128 Å². The first-order valence-electron chi connectivity index (χ1n) is 7.07. The third kappa shape index (κ3) is 3.46. The lowest BCUT2D eigenvalue weighted by atomic mass is 10.1. The van der Waals surface area contributed by atoms with Gasteiger partial charge in [0.2, 0.25) is 0 Å². The molecular formula is C15H18N4OS. The van der Waals surface area contributed by atoms with Crippen LogP contribution in [0, 0.1) is 0 Å². The van der Waals surface area contributed by atoms with Gasteiger partial charge in [-0.3, -0.25) is 14.8 Å². The van der Waals surface area contributed by atoms with E-state index >= 15 is 0 Å². The average molecular weight is 302 g/mol.